The Bertz CT molecular complexity index is 347. The van der Waals surface area contributed by atoms with Crippen LogP contribution in [0, 0.1) is 0 Å². The van der Waals surface area contributed by atoms with Crippen LogP contribution < -0.4 is 5.32 Å². The predicted octanol–water partition coefficient (Wildman–Crippen LogP) is 5.76. The number of amides is 1. The Morgan fingerprint density at radius 2 is 1.19 bits per heavy atom. The lowest BCUT2D eigenvalue weighted by atomic mass is 10.1. The van der Waals surface area contributed by atoms with E-state index < -0.39 is 18.1 Å². The van der Waals surface area contributed by atoms with Gasteiger partial charge in [0.05, 0.1) is 13.2 Å². The molecule has 26 heavy (non-hydrogen) atoms. The van der Waals surface area contributed by atoms with Gasteiger partial charge in [0.1, 0.15) is 6.04 Å². The second kappa shape index (κ2) is 18.5. The quantitative estimate of drug-likeness (QED) is 0.261. The number of carbonyl (C=O) groups excluding carboxylic acids is 2. The molecule has 0 heterocycles. The lowest BCUT2D eigenvalue weighted by molar-refractivity contribution is -0.145. The number of rotatable bonds is 17. The zero-order valence-electron chi connectivity index (χ0n) is 17.3. The Kier molecular flexibility index (Phi) is 17.6. The SMILES string of the molecule is CCCCCCCCCCCCCCOC(=O)[C@H](C)NC(=O)OCCC. The predicted molar refractivity (Wildman–Crippen MR) is 106 cm³/mol. The Morgan fingerprint density at radius 3 is 1.69 bits per heavy atom. The van der Waals surface area contributed by atoms with E-state index in [0.29, 0.717) is 13.2 Å². The van der Waals surface area contributed by atoms with Gasteiger partial charge in [0.15, 0.2) is 0 Å². The van der Waals surface area contributed by atoms with Crippen molar-refractivity contribution in [2.45, 2.75) is 110 Å². The summed E-state index contributed by atoms with van der Waals surface area (Å²) in [7, 11) is 0. The molecule has 0 fully saturated rings. The van der Waals surface area contributed by atoms with Crippen LogP contribution >= 0.6 is 0 Å². The van der Waals surface area contributed by atoms with E-state index in [2.05, 4.69) is 12.2 Å². The van der Waals surface area contributed by atoms with E-state index in [1.165, 1.54) is 64.2 Å². The molecule has 5 heteroatoms. The molecule has 0 saturated heterocycles. The number of carbonyl (C=O) groups is 2. The third-order valence-electron chi connectivity index (χ3n) is 4.37. The lowest BCUT2D eigenvalue weighted by Crippen LogP contribution is -2.40. The van der Waals surface area contributed by atoms with E-state index in [-0.39, 0.29) is 0 Å². The summed E-state index contributed by atoms with van der Waals surface area (Å²) in [6.07, 6.45) is 15.5. The summed E-state index contributed by atoms with van der Waals surface area (Å²) in [6, 6.07) is -0.670. The first kappa shape index (κ1) is 24.7. The maximum absolute atomic E-state index is 11.8. The molecule has 1 atom stereocenters. The molecule has 5 nitrogen and oxygen atoms in total. The minimum absolute atomic E-state index is 0.354. The number of unbranched alkanes of at least 4 members (excludes halogenated alkanes) is 11. The average molecular weight is 372 g/mol. The minimum Gasteiger partial charge on any atom is -0.464 e. The molecular formula is C21H41NO4. The largest absolute Gasteiger partial charge is 0.464 e. The van der Waals surface area contributed by atoms with Gasteiger partial charge >= 0.3 is 12.1 Å². The maximum atomic E-state index is 11.8. The number of hydrogen-bond acceptors (Lipinski definition) is 4. The second-order valence-corrected chi connectivity index (χ2v) is 7.06. The van der Waals surface area contributed by atoms with Crippen LogP contribution in [0.15, 0.2) is 0 Å². The standard InChI is InChI=1S/C21H41NO4/c1-4-6-7-8-9-10-11-12-13-14-15-16-18-25-20(23)19(3)22-21(24)26-17-5-2/h19H,4-18H2,1-3H3,(H,22,24)/t19-/m0/s1. The molecule has 0 aliphatic carbocycles. The van der Waals surface area contributed by atoms with Crippen LogP contribution in [-0.4, -0.2) is 31.3 Å². The zero-order chi connectivity index (χ0) is 19.5. The maximum Gasteiger partial charge on any atom is 0.407 e. The molecule has 1 N–H and O–H groups in total. The van der Waals surface area contributed by atoms with Gasteiger partial charge in [0, 0.05) is 0 Å². The van der Waals surface area contributed by atoms with Crippen LogP contribution in [0.3, 0.4) is 0 Å². The van der Waals surface area contributed by atoms with Gasteiger partial charge in [-0.15, -0.1) is 0 Å². The Morgan fingerprint density at radius 1 is 0.692 bits per heavy atom. The summed E-state index contributed by atoms with van der Waals surface area (Å²) in [5.74, 6) is -0.401. The van der Waals surface area contributed by atoms with Crippen molar-refractivity contribution in [3.8, 4) is 0 Å². The van der Waals surface area contributed by atoms with Gasteiger partial charge in [-0.05, 0) is 19.8 Å². The molecule has 1 amide bonds. The molecule has 0 saturated carbocycles. The van der Waals surface area contributed by atoms with Crippen molar-refractivity contribution in [3.05, 3.63) is 0 Å². The Hall–Kier alpha value is -1.26. The third-order valence-corrected chi connectivity index (χ3v) is 4.37. The van der Waals surface area contributed by atoms with E-state index in [0.717, 1.165) is 19.3 Å². The van der Waals surface area contributed by atoms with Crippen LogP contribution in [0.1, 0.15) is 104 Å². The summed E-state index contributed by atoms with van der Waals surface area (Å²) in [5.41, 5.74) is 0. The van der Waals surface area contributed by atoms with Gasteiger partial charge < -0.3 is 14.8 Å². The Balaban J connectivity index is 3.38. The summed E-state index contributed by atoms with van der Waals surface area (Å²) >= 11 is 0. The van der Waals surface area contributed by atoms with Gasteiger partial charge in [-0.2, -0.15) is 0 Å². The van der Waals surface area contributed by atoms with Crippen molar-refractivity contribution in [3.63, 3.8) is 0 Å². The molecule has 0 aromatic rings. The molecule has 0 radical (unpaired) electrons. The van der Waals surface area contributed by atoms with Crippen LogP contribution in [0.25, 0.3) is 0 Å². The molecule has 0 aliphatic heterocycles. The minimum atomic E-state index is -0.670. The van der Waals surface area contributed by atoms with E-state index in [1.807, 2.05) is 6.92 Å². The monoisotopic (exact) mass is 371 g/mol. The highest BCUT2D eigenvalue weighted by Gasteiger charge is 2.17. The normalized spacial score (nSPS) is 11.8. The van der Waals surface area contributed by atoms with Crippen molar-refractivity contribution in [1.82, 2.24) is 5.32 Å². The van der Waals surface area contributed by atoms with Crippen LogP contribution in [0.4, 0.5) is 4.79 Å². The van der Waals surface area contributed by atoms with E-state index in [9.17, 15) is 9.59 Å². The molecule has 0 unspecified atom stereocenters. The summed E-state index contributed by atoms with van der Waals surface area (Å²) in [4.78, 5) is 23.1. The summed E-state index contributed by atoms with van der Waals surface area (Å²) < 4.78 is 10.1. The van der Waals surface area contributed by atoms with E-state index in [4.69, 9.17) is 9.47 Å². The van der Waals surface area contributed by atoms with Gasteiger partial charge in [0.25, 0.3) is 0 Å². The first-order chi connectivity index (χ1) is 12.6. The molecule has 0 rings (SSSR count). The zero-order valence-corrected chi connectivity index (χ0v) is 17.3. The van der Waals surface area contributed by atoms with Gasteiger partial charge in [-0.1, -0.05) is 84.5 Å². The number of nitrogens with one attached hydrogen (secondary N) is 1. The topological polar surface area (TPSA) is 64.6 Å². The highest BCUT2D eigenvalue weighted by atomic mass is 16.6. The van der Waals surface area contributed by atoms with Crippen LogP contribution in [-0.2, 0) is 14.3 Å². The molecule has 0 bridgehead atoms. The van der Waals surface area contributed by atoms with Crippen LogP contribution in [0.5, 0.6) is 0 Å². The van der Waals surface area contributed by atoms with Crippen LogP contribution in [0.2, 0.25) is 0 Å². The molecular weight excluding hydrogens is 330 g/mol. The number of alkyl carbamates (subject to hydrolysis) is 1. The second-order valence-electron chi connectivity index (χ2n) is 7.06. The van der Waals surface area contributed by atoms with Gasteiger partial charge in [-0.25, -0.2) is 9.59 Å². The molecule has 0 aliphatic rings. The Labute approximate surface area is 160 Å². The summed E-state index contributed by atoms with van der Waals surface area (Å²) in [5, 5.41) is 2.48. The highest BCUT2D eigenvalue weighted by molar-refractivity contribution is 5.80. The van der Waals surface area contributed by atoms with E-state index in [1.54, 1.807) is 6.92 Å². The fourth-order valence-corrected chi connectivity index (χ4v) is 2.71. The molecule has 0 aromatic carbocycles. The number of ether oxygens (including phenoxy) is 2. The fourth-order valence-electron chi connectivity index (χ4n) is 2.71. The van der Waals surface area contributed by atoms with Gasteiger partial charge in [0.2, 0.25) is 0 Å². The number of esters is 1. The molecule has 154 valence electrons. The van der Waals surface area contributed by atoms with Crippen molar-refractivity contribution >= 4 is 12.1 Å². The van der Waals surface area contributed by atoms with Gasteiger partial charge in [-0.3, -0.25) is 0 Å². The van der Waals surface area contributed by atoms with Crippen molar-refractivity contribution in [1.29, 1.82) is 0 Å². The lowest BCUT2D eigenvalue weighted by Gasteiger charge is -2.13. The summed E-state index contributed by atoms with van der Waals surface area (Å²) in [6.45, 7) is 6.55. The van der Waals surface area contributed by atoms with E-state index >= 15 is 0 Å². The van der Waals surface area contributed by atoms with Crippen molar-refractivity contribution < 1.29 is 19.1 Å². The fraction of sp³-hybridized carbons (Fsp3) is 0.905. The third kappa shape index (κ3) is 16.2. The number of hydrogen-bond donors (Lipinski definition) is 1. The van der Waals surface area contributed by atoms with Crippen molar-refractivity contribution in [2.24, 2.45) is 0 Å². The first-order valence-corrected chi connectivity index (χ1v) is 10.7. The molecule has 0 aromatic heterocycles. The average Bonchev–Trinajstić information content (AvgIpc) is 2.63. The highest BCUT2D eigenvalue weighted by Crippen LogP contribution is 2.11. The first-order valence-electron chi connectivity index (χ1n) is 10.7. The molecule has 0 spiro atoms. The van der Waals surface area contributed by atoms with Crippen molar-refractivity contribution in [2.75, 3.05) is 13.2 Å². The smallest absolute Gasteiger partial charge is 0.407 e.